The minimum absolute atomic E-state index is 0.0596. The van der Waals surface area contributed by atoms with Gasteiger partial charge in [-0.3, -0.25) is 0 Å². The van der Waals surface area contributed by atoms with Crippen LogP contribution in [0.2, 0.25) is 0 Å². The largest absolute Gasteiger partial charge is 0.416 e. The second kappa shape index (κ2) is 4.64. The van der Waals surface area contributed by atoms with Crippen LogP contribution in [-0.2, 0) is 6.18 Å². The van der Waals surface area contributed by atoms with Gasteiger partial charge >= 0.3 is 6.18 Å². The number of rotatable bonds is 1. The van der Waals surface area contributed by atoms with Gasteiger partial charge in [-0.25, -0.2) is 8.78 Å². The second-order valence-corrected chi connectivity index (χ2v) is 4.21. The third-order valence-corrected chi connectivity index (χ3v) is 2.65. The Morgan fingerprint density at radius 2 is 1.58 bits per heavy atom. The smallest absolute Gasteiger partial charge is 0.207 e. The van der Waals surface area contributed by atoms with Gasteiger partial charge < -0.3 is 0 Å². The molecule has 0 fully saturated rings. The Bertz CT molecular complexity index is 614. The van der Waals surface area contributed by atoms with Gasteiger partial charge in [0, 0.05) is 11.6 Å². The van der Waals surface area contributed by atoms with Crippen molar-refractivity contribution in [2.24, 2.45) is 0 Å². The monoisotopic (exact) mass is 272 g/mol. The predicted octanol–water partition coefficient (Wildman–Crippen LogP) is 4.96. The first-order chi connectivity index (χ1) is 8.77. The molecule has 0 nitrogen and oxygen atoms in total. The molecule has 0 saturated carbocycles. The van der Waals surface area contributed by atoms with Gasteiger partial charge in [-0.05, 0) is 42.3 Å². The van der Waals surface area contributed by atoms with E-state index in [0.717, 1.165) is 24.3 Å². The molecule has 100 valence electrons. The van der Waals surface area contributed by atoms with Crippen molar-refractivity contribution in [1.29, 1.82) is 0 Å². The zero-order valence-electron chi connectivity index (χ0n) is 9.85. The quantitative estimate of drug-likeness (QED) is 0.644. The summed E-state index contributed by atoms with van der Waals surface area (Å²) in [6.07, 6.45) is -4.50. The lowest BCUT2D eigenvalue weighted by Crippen LogP contribution is -2.05. The normalized spacial score (nSPS) is 11.7. The van der Waals surface area contributed by atoms with Gasteiger partial charge in [-0.15, -0.1) is 0 Å². The van der Waals surface area contributed by atoms with E-state index in [4.69, 9.17) is 0 Å². The molecule has 0 aromatic heterocycles. The Morgan fingerprint density at radius 3 is 2.16 bits per heavy atom. The summed E-state index contributed by atoms with van der Waals surface area (Å²) in [7, 11) is 0. The van der Waals surface area contributed by atoms with E-state index in [1.807, 2.05) is 0 Å². The van der Waals surface area contributed by atoms with Crippen LogP contribution >= 0.6 is 0 Å². The molecule has 0 spiro atoms. The van der Waals surface area contributed by atoms with Crippen LogP contribution in [0.15, 0.2) is 36.4 Å². The van der Waals surface area contributed by atoms with Crippen LogP contribution in [0.25, 0.3) is 11.1 Å². The zero-order valence-corrected chi connectivity index (χ0v) is 9.85. The molecule has 0 aliphatic carbocycles. The molecular weight excluding hydrogens is 263 g/mol. The van der Waals surface area contributed by atoms with Crippen LogP contribution in [0.4, 0.5) is 22.0 Å². The average molecular weight is 272 g/mol. The Labute approximate surface area is 106 Å². The van der Waals surface area contributed by atoms with Crippen molar-refractivity contribution in [3.63, 3.8) is 0 Å². The van der Waals surface area contributed by atoms with Crippen LogP contribution in [0.5, 0.6) is 0 Å². The van der Waals surface area contributed by atoms with Crippen LogP contribution in [-0.4, -0.2) is 0 Å². The molecule has 5 heteroatoms. The molecule has 0 saturated heterocycles. The molecule has 2 aromatic rings. The highest BCUT2D eigenvalue weighted by molar-refractivity contribution is 5.66. The fraction of sp³-hybridized carbons (Fsp3) is 0.143. The summed E-state index contributed by atoms with van der Waals surface area (Å²) >= 11 is 0. The molecule has 0 aliphatic heterocycles. The van der Waals surface area contributed by atoms with Crippen molar-refractivity contribution in [2.75, 3.05) is 0 Å². The van der Waals surface area contributed by atoms with E-state index < -0.39 is 23.4 Å². The number of hydrogen-bond donors (Lipinski definition) is 0. The maximum absolute atomic E-state index is 13.6. The lowest BCUT2D eigenvalue weighted by molar-refractivity contribution is -0.137. The fourth-order valence-electron chi connectivity index (χ4n) is 1.83. The summed E-state index contributed by atoms with van der Waals surface area (Å²) in [5.41, 5.74) is -0.486. The van der Waals surface area contributed by atoms with E-state index in [-0.39, 0.29) is 11.1 Å². The van der Waals surface area contributed by atoms with Crippen LogP contribution in [0.1, 0.15) is 11.1 Å². The van der Waals surface area contributed by atoms with E-state index in [1.165, 1.54) is 13.0 Å². The molecule has 19 heavy (non-hydrogen) atoms. The predicted molar refractivity (Wildman–Crippen MR) is 61.5 cm³/mol. The second-order valence-electron chi connectivity index (χ2n) is 4.21. The molecule has 0 amide bonds. The Hall–Kier alpha value is -1.91. The van der Waals surface area contributed by atoms with E-state index in [1.54, 1.807) is 0 Å². The minimum Gasteiger partial charge on any atom is -0.207 e. The molecule has 0 heterocycles. The molecule has 0 bridgehead atoms. The Kier molecular flexibility index (Phi) is 3.30. The number of benzene rings is 2. The number of hydrogen-bond acceptors (Lipinski definition) is 0. The molecule has 0 aliphatic rings. The summed E-state index contributed by atoms with van der Waals surface area (Å²) in [4.78, 5) is 0. The number of alkyl halides is 3. The third-order valence-electron chi connectivity index (χ3n) is 2.65. The molecule has 0 atom stereocenters. The summed E-state index contributed by atoms with van der Waals surface area (Å²) in [5, 5.41) is 0. The lowest BCUT2D eigenvalue weighted by atomic mass is 9.99. The minimum atomic E-state index is -4.50. The van der Waals surface area contributed by atoms with Gasteiger partial charge in [0.2, 0.25) is 0 Å². The first-order valence-corrected chi connectivity index (χ1v) is 5.41. The molecule has 0 radical (unpaired) electrons. The fourth-order valence-corrected chi connectivity index (χ4v) is 1.83. The summed E-state index contributed by atoms with van der Waals surface area (Å²) in [5.74, 6) is -1.66. The van der Waals surface area contributed by atoms with Crippen molar-refractivity contribution < 1.29 is 22.0 Å². The van der Waals surface area contributed by atoms with Crippen LogP contribution in [0, 0.1) is 18.6 Å². The molecule has 0 unspecified atom stereocenters. The maximum atomic E-state index is 13.6. The van der Waals surface area contributed by atoms with Crippen molar-refractivity contribution in [3.05, 3.63) is 59.2 Å². The molecule has 2 rings (SSSR count). The summed E-state index contributed by atoms with van der Waals surface area (Å²) < 4.78 is 64.4. The van der Waals surface area contributed by atoms with Crippen molar-refractivity contribution in [1.82, 2.24) is 0 Å². The first kappa shape index (κ1) is 13.5. The van der Waals surface area contributed by atoms with Crippen LogP contribution in [0.3, 0.4) is 0 Å². The topological polar surface area (TPSA) is 0 Å². The highest BCUT2D eigenvalue weighted by Gasteiger charge is 2.31. The standard InChI is InChI=1S/C14H9F5/c1-8-4-9(6-10(5-8)14(17,18)19)12-3-2-11(15)7-13(12)16/h2-7H,1H3. The third kappa shape index (κ3) is 2.92. The maximum Gasteiger partial charge on any atom is 0.416 e. The van der Waals surface area contributed by atoms with Gasteiger partial charge in [0.1, 0.15) is 11.6 Å². The van der Waals surface area contributed by atoms with E-state index in [0.29, 0.717) is 11.6 Å². The zero-order chi connectivity index (χ0) is 14.2. The Morgan fingerprint density at radius 1 is 0.895 bits per heavy atom. The van der Waals surface area contributed by atoms with Crippen molar-refractivity contribution in [2.45, 2.75) is 13.1 Å². The van der Waals surface area contributed by atoms with Crippen molar-refractivity contribution in [3.8, 4) is 11.1 Å². The van der Waals surface area contributed by atoms with Gasteiger partial charge in [-0.1, -0.05) is 6.07 Å². The molecule has 0 N–H and O–H groups in total. The highest BCUT2D eigenvalue weighted by Crippen LogP contribution is 2.34. The SMILES string of the molecule is Cc1cc(-c2ccc(F)cc2F)cc(C(F)(F)F)c1. The van der Waals surface area contributed by atoms with Gasteiger partial charge in [0.15, 0.2) is 0 Å². The lowest BCUT2D eigenvalue weighted by Gasteiger charge is -2.11. The number of halogens is 5. The molecule has 2 aromatic carbocycles. The highest BCUT2D eigenvalue weighted by atomic mass is 19.4. The van der Waals surface area contributed by atoms with E-state index >= 15 is 0 Å². The van der Waals surface area contributed by atoms with Gasteiger partial charge in [0.05, 0.1) is 5.56 Å². The van der Waals surface area contributed by atoms with E-state index in [2.05, 4.69) is 0 Å². The Balaban J connectivity index is 2.59. The number of aryl methyl sites for hydroxylation is 1. The summed E-state index contributed by atoms with van der Waals surface area (Å²) in [6, 6.07) is 6.03. The van der Waals surface area contributed by atoms with Crippen LogP contribution < -0.4 is 0 Å². The first-order valence-electron chi connectivity index (χ1n) is 5.41. The molecular formula is C14H9F5. The summed E-state index contributed by atoms with van der Waals surface area (Å²) in [6.45, 7) is 1.49. The average Bonchev–Trinajstić information content (AvgIpc) is 2.26. The van der Waals surface area contributed by atoms with E-state index in [9.17, 15) is 22.0 Å². The van der Waals surface area contributed by atoms with Crippen molar-refractivity contribution >= 4 is 0 Å². The van der Waals surface area contributed by atoms with Gasteiger partial charge in [0.25, 0.3) is 0 Å². The van der Waals surface area contributed by atoms with Gasteiger partial charge in [-0.2, -0.15) is 13.2 Å².